The first-order chi connectivity index (χ1) is 15.0. The van der Waals surface area contributed by atoms with Crippen LogP contribution in [-0.2, 0) is 20.7 Å². The minimum absolute atomic E-state index is 0.103. The van der Waals surface area contributed by atoms with Crippen molar-refractivity contribution < 1.29 is 28.5 Å². The molecule has 2 heterocycles. The highest BCUT2D eigenvalue weighted by molar-refractivity contribution is 5.71. The number of esters is 1. The smallest absolute Gasteiger partial charge is 0.413 e. The van der Waals surface area contributed by atoms with Crippen LogP contribution in [0.2, 0.25) is 0 Å². The molecule has 0 radical (unpaired) electrons. The molecule has 0 saturated carbocycles. The Morgan fingerprint density at radius 2 is 1.90 bits per heavy atom. The number of amides is 1. The van der Waals surface area contributed by atoms with Crippen LogP contribution < -0.4 is 14.8 Å². The molecule has 31 heavy (non-hydrogen) atoms. The number of carbonyl (C=O) groups is 2. The summed E-state index contributed by atoms with van der Waals surface area (Å²) in [6.07, 6.45) is -0.522. The van der Waals surface area contributed by atoms with Crippen LogP contribution >= 0.6 is 0 Å². The Bertz CT molecular complexity index is 753. The molecule has 1 aromatic carbocycles. The molecule has 2 atom stereocenters. The second-order valence-corrected chi connectivity index (χ2v) is 7.81. The van der Waals surface area contributed by atoms with Crippen molar-refractivity contribution in [2.45, 2.75) is 45.9 Å². The van der Waals surface area contributed by atoms with Crippen LogP contribution in [0.1, 0.15) is 32.8 Å². The van der Waals surface area contributed by atoms with Crippen LogP contribution in [-0.4, -0.2) is 80.3 Å². The molecule has 1 saturated heterocycles. The van der Waals surface area contributed by atoms with E-state index in [9.17, 15) is 9.59 Å². The molecular weight excluding hydrogens is 402 g/mol. The van der Waals surface area contributed by atoms with E-state index in [1.165, 1.54) is 0 Å². The summed E-state index contributed by atoms with van der Waals surface area (Å²) in [6, 6.07) is 5.67. The number of nitrogens with zero attached hydrogens (tertiary/aromatic N) is 2. The Kier molecular flexibility index (Phi) is 8.36. The average molecular weight is 436 g/mol. The fourth-order valence-corrected chi connectivity index (χ4v) is 3.80. The number of hydrogen-bond acceptors (Lipinski definition) is 8. The Morgan fingerprint density at radius 1 is 1.16 bits per heavy atom. The lowest BCUT2D eigenvalue weighted by atomic mass is 10.1. The number of likely N-dealkylation sites (N-methyl/N-ethyl adjacent to an activating group) is 1. The van der Waals surface area contributed by atoms with Gasteiger partial charge in [-0.25, -0.2) is 4.79 Å². The van der Waals surface area contributed by atoms with Crippen LogP contribution in [0.25, 0.3) is 0 Å². The number of fused-ring (bicyclic) bond motifs is 1. The second-order valence-electron chi connectivity index (χ2n) is 7.81. The van der Waals surface area contributed by atoms with Crippen LogP contribution in [0.15, 0.2) is 18.2 Å². The van der Waals surface area contributed by atoms with Gasteiger partial charge in [0, 0.05) is 52.2 Å². The van der Waals surface area contributed by atoms with Crippen LogP contribution in [0.4, 0.5) is 4.79 Å². The molecule has 3 rings (SSSR count). The van der Waals surface area contributed by atoms with Crippen LogP contribution in [0.5, 0.6) is 11.5 Å². The van der Waals surface area contributed by atoms with E-state index >= 15 is 0 Å². The van der Waals surface area contributed by atoms with Gasteiger partial charge in [0.05, 0.1) is 6.42 Å². The van der Waals surface area contributed by atoms with E-state index < -0.39 is 12.4 Å². The van der Waals surface area contributed by atoms with Gasteiger partial charge < -0.3 is 34.1 Å². The maximum atomic E-state index is 12.6. The number of benzene rings is 1. The van der Waals surface area contributed by atoms with Crippen molar-refractivity contribution in [3.63, 3.8) is 0 Å². The number of nitrogens with one attached hydrogen (secondary N) is 1. The van der Waals surface area contributed by atoms with E-state index in [0.717, 1.165) is 43.2 Å². The van der Waals surface area contributed by atoms with E-state index in [0.29, 0.717) is 19.5 Å². The van der Waals surface area contributed by atoms with Crippen molar-refractivity contribution in [3.05, 3.63) is 23.8 Å². The van der Waals surface area contributed by atoms with Crippen molar-refractivity contribution in [2.24, 2.45) is 0 Å². The van der Waals surface area contributed by atoms with Crippen molar-refractivity contribution in [3.8, 4) is 11.5 Å². The van der Waals surface area contributed by atoms with Crippen molar-refractivity contribution in [1.29, 1.82) is 0 Å². The molecule has 1 aromatic rings. The first-order valence-corrected chi connectivity index (χ1v) is 10.9. The predicted octanol–water partition coefficient (Wildman–Crippen LogP) is 1.99. The fourth-order valence-electron chi connectivity index (χ4n) is 3.80. The number of piperazine rings is 1. The molecule has 2 aliphatic heterocycles. The Hall–Kier alpha value is -2.52. The zero-order valence-electron chi connectivity index (χ0n) is 18.6. The molecule has 2 aliphatic rings. The molecule has 9 nitrogen and oxygen atoms in total. The predicted molar refractivity (Wildman–Crippen MR) is 114 cm³/mol. The summed E-state index contributed by atoms with van der Waals surface area (Å²) in [5, 5.41) is 3.28. The molecule has 1 amide bonds. The third kappa shape index (κ3) is 6.73. The highest BCUT2D eigenvalue weighted by Crippen LogP contribution is 2.33. The summed E-state index contributed by atoms with van der Waals surface area (Å²) >= 11 is 0. The van der Waals surface area contributed by atoms with Gasteiger partial charge in [0.1, 0.15) is 0 Å². The van der Waals surface area contributed by atoms with Crippen LogP contribution in [0.3, 0.4) is 0 Å². The standard InChI is InChI=1S/C22H33N3O6/c1-4-25(16(2)13-18-5-6-19-20(14-18)29-15-28-19)22(27)31-17(3)30-21(26)7-10-24-11-8-23-9-12-24/h5-6,14,16-17,23H,4,7-13,15H2,1-3H3. The lowest BCUT2D eigenvalue weighted by Crippen LogP contribution is -2.44. The van der Waals surface area contributed by atoms with Crippen molar-refractivity contribution in [2.75, 3.05) is 46.1 Å². The van der Waals surface area contributed by atoms with Gasteiger partial charge >= 0.3 is 12.1 Å². The summed E-state index contributed by atoms with van der Waals surface area (Å²) < 4.78 is 21.4. The monoisotopic (exact) mass is 435 g/mol. The minimum Gasteiger partial charge on any atom is -0.454 e. The molecule has 1 N–H and O–H groups in total. The molecule has 0 aliphatic carbocycles. The minimum atomic E-state index is -0.935. The Labute approximate surface area is 183 Å². The van der Waals surface area contributed by atoms with Gasteiger partial charge in [-0.1, -0.05) is 6.07 Å². The van der Waals surface area contributed by atoms with Gasteiger partial charge in [0.25, 0.3) is 0 Å². The maximum Gasteiger partial charge on any atom is 0.413 e. The van der Waals surface area contributed by atoms with Gasteiger partial charge in [-0.05, 0) is 38.0 Å². The number of hydrogen-bond donors (Lipinski definition) is 1. The molecule has 1 fully saturated rings. The van der Waals surface area contributed by atoms with Gasteiger partial charge in [0.15, 0.2) is 11.5 Å². The Balaban J connectivity index is 1.43. The van der Waals surface area contributed by atoms with Crippen LogP contribution in [0, 0.1) is 0 Å². The third-order valence-corrected chi connectivity index (χ3v) is 5.48. The zero-order chi connectivity index (χ0) is 22.2. The van der Waals surface area contributed by atoms with Gasteiger partial charge in [-0.2, -0.15) is 0 Å². The van der Waals surface area contributed by atoms with E-state index in [2.05, 4.69) is 10.2 Å². The Morgan fingerprint density at radius 3 is 2.65 bits per heavy atom. The van der Waals surface area contributed by atoms with E-state index in [-0.39, 0.29) is 25.2 Å². The first kappa shape index (κ1) is 23.1. The average Bonchev–Trinajstić information content (AvgIpc) is 3.21. The number of carbonyl (C=O) groups excluding carboxylic acids is 2. The lowest BCUT2D eigenvalue weighted by molar-refractivity contribution is -0.166. The van der Waals surface area contributed by atoms with Gasteiger partial charge in [-0.3, -0.25) is 4.79 Å². The summed E-state index contributed by atoms with van der Waals surface area (Å²) in [5.74, 6) is 1.09. The number of rotatable bonds is 9. The van der Waals surface area contributed by atoms with Gasteiger partial charge in [-0.15, -0.1) is 0 Å². The summed E-state index contributed by atoms with van der Waals surface area (Å²) in [4.78, 5) is 28.6. The van der Waals surface area contributed by atoms with E-state index in [4.69, 9.17) is 18.9 Å². The first-order valence-electron chi connectivity index (χ1n) is 10.9. The SMILES string of the molecule is CCN(C(=O)OC(C)OC(=O)CCN1CCNCC1)C(C)Cc1ccc2c(c1)OCO2. The molecule has 172 valence electrons. The van der Waals surface area contributed by atoms with Crippen molar-refractivity contribution >= 4 is 12.1 Å². The highest BCUT2D eigenvalue weighted by atomic mass is 16.7. The largest absolute Gasteiger partial charge is 0.454 e. The normalized spacial score (nSPS) is 17.6. The molecule has 0 aromatic heterocycles. The summed E-state index contributed by atoms with van der Waals surface area (Å²) in [6.45, 7) is 10.5. The summed E-state index contributed by atoms with van der Waals surface area (Å²) in [5.41, 5.74) is 1.04. The van der Waals surface area contributed by atoms with E-state index in [1.807, 2.05) is 32.0 Å². The number of ether oxygens (including phenoxy) is 4. The molecule has 0 spiro atoms. The molecular formula is C22H33N3O6. The second kappa shape index (κ2) is 11.2. The third-order valence-electron chi connectivity index (χ3n) is 5.48. The van der Waals surface area contributed by atoms with Crippen molar-refractivity contribution in [1.82, 2.24) is 15.1 Å². The summed E-state index contributed by atoms with van der Waals surface area (Å²) in [7, 11) is 0. The quantitative estimate of drug-likeness (QED) is 0.465. The maximum absolute atomic E-state index is 12.6. The highest BCUT2D eigenvalue weighted by Gasteiger charge is 2.24. The van der Waals surface area contributed by atoms with E-state index in [1.54, 1.807) is 11.8 Å². The lowest BCUT2D eigenvalue weighted by Gasteiger charge is -2.29. The molecule has 0 bridgehead atoms. The molecule has 9 heteroatoms. The van der Waals surface area contributed by atoms with Gasteiger partial charge in [0.2, 0.25) is 13.1 Å². The zero-order valence-corrected chi connectivity index (χ0v) is 18.6. The topological polar surface area (TPSA) is 89.6 Å². The fraction of sp³-hybridized carbons (Fsp3) is 0.636. The molecule has 2 unspecified atom stereocenters.